The SMILES string of the molecule is O=C(O)C[C@@]1(O)c2cc(F)ccc2O[C@@H]2CCC[C@@H]21. The van der Waals surface area contributed by atoms with E-state index in [-0.39, 0.29) is 17.6 Å². The Bertz CT molecular complexity index is 530. The number of rotatable bonds is 2. The zero-order valence-corrected chi connectivity index (χ0v) is 10.3. The van der Waals surface area contributed by atoms with Crippen LogP contribution in [-0.4, -0.2) is 22.3 Å². The lowest BCUT2D eigenvalue weighted by Crippen LogP contribution is -2.46. The number of aliphatic hydroxyl groups is 1. The molecule has 1 heterocycles. The second-order valence-electron chi connectivity index (χ2n) is 5.33. The molecular weight excluding hydrogens is 251 g/mol. The van der Waals surface area contributed by atoms with Gasteiger partial charge in [-0.05, 0) is 37.5 Å². The molecule has 3 atom stereocenters. The van der Waals surface area contributed by atoms with Gasteiger partial charge in [0.15, 0.2) is 0 Å². The number of fused-ring (bicyclic) bond motifs is 2. The topological polar surface area (TPSA) is 66.8 Å². The molecule has 5 heteroatoms. The molecule has 19 heavy (non-hydrogen) atoms. The molecule has 0 radical (unpaired) electrons. The first kappa shape index (κ1) is 12.4. The van der Waals surface area contributed by atoms with Gasteiger partial charge in [-0.3, -0.25) is 4.79 Å². The Morgan fingerprint density at radius 1 is 1.47 bits per heavy atom. The van der Waals surface area contributed by atoms with Gasteiger partial charge in [-0.25, -0.2) is 4.39 Å². The van der Waals surface area contributed by atoms with Crippen LogP contribution in [-0.2, 0) is 10.4 Å². The Balaban J connectivity index is 2.12. The molecule has 3 rings (SSSR count). The van der Waals surface area contributed by atoms with Gasteiger partial charge in [0.05, 0.1) is 6.42 Å². The number of hydrogen-bond donors (Lipinski definition) is 2. The van der Waals surface area contributed by atoms with Crippen LogP contribution in [0.5, 0.6) is 5.75 Å². The van der Waals surface area contributed by atoms with Crippen molar-refractivity contribution in [2.75, 3.05) is 0 Å². The van der Waals surface area contributed by atoms with E-state index in [0.717, 1.165) is 12.8 Å². The van der Waals surface area contributed by atoms with Crippen LogP contribution in [0, 0.1) is 11.7 Å². The normalized spacial score (nSPS) is 32.3. The highest BCUT2D eigenvalue weighted by atomic mass is 19.1. The van der Waals surface area contributed by atoms with E-state index in [4.69, 9.17) is 9.84 Å². The molecule has 0 bridgehead atoms. The van der Waals surface area contributed by atoms with E-state index in [0.29, 0.717) is 12.2 Å². The van der Waals surface area contributed by atoms with Crippen molar-refractivity contribution in [1.82, 2.24) is 0 Å². The lowest BCUT2D eigenvalue weighted by Gasteiger charge is -2.42. The van der Waals surface area contributed by atoms with Crippen LogP contribution in [0.2, 0.25) is 0 Å². The highest BCUT2D eigenvalue weighted by Gasteiger charge is 2.52. The summed E-state index contributed by atoms with van der Waals surface area (Å²) in [5.41, 5.74) is -1.28. The highest BCUT2D eigenvalue weighted by molar-refractivity contribution is 5.69. The molecule has 0 amide bonds. The van der Waals surface area contributed by atoms with Gasteiger partial charge >= 0.3 is 5.97 Å². The van der Waals surface area contributed by atoms with Crippen LogP contribution < -0.4 is 4.74 Å². The van der Waals surface area contributed by atoms with Crippen molar-refractivity contribution in [3.8, 4) is 5.75 Å². The van der Waals surface area contributed by atoms with Crippen molar-refractivity contribution in [3.05, 3.63) is 29.6 Å². The summed E-state index contributed by atoms with van der Waals surface area (Å²) < 4.78 is 19.2. The molecule has 4 nitrogen and oxygen atoms in total. The molecular formula is C14H15FO4. The number of carboxylic acid groups (broad SMARTS) is 1. The average Bonchev–Trinajstić information content (AvgIpc) is 2.79. The Hall–Kier alpha value is -1.62. The summed E-state index contributed by atoms with van der Waals surface area (Å²) in [7, 11) is 0. The number of ether oxygens (including phenoxy) is 1. The summed E-state index contributed by atoms with van der Waals surface area (Å²) in [5, 5.41) is 19.9. The fourth-order valence-corrected chi connectivity index (χ4v) is 3.38. The van der Waals surface area contributed by atoms with Gasteiger partial charge < -0.3 is 14.9 Å². The van der Waals surface area contributed by atoms with Crippen molar-refractivity contribution >= 4 is 5.97 Å². The fraction of sp³-hybridized carbons (Fsp3) is 0.500. The Kier molecular flexibility index (Phi) is 2.74. The van der Waals surface area contributed by atoms with Crippen molar-refractivity contribution in [1.29, 1.82) is 0 Å². The van der Waals surface area contributed by atoms with Crippen molar-refractivity contribution < 1.29 is 24.1 Å². The maximum atomic E-state index is 13.4. The first-order valence-corrected chi connectivity index (χ1v) is 6.41. The molecule has 0 saturated heterocycles. The molecule has 102 valence electrons. The molecule has 2 aliphatic rings. The van der Waals surface area contributed by atoms with Crippen molar-refractivity contribution in [3.63, 3.8) is 0 Å². The summed E-state index contributed by atoms with van der Waals surface area (Å²) >= 11 is 0. The molecule has 0 unspecified atom stereocenters. The van der Waals surface area contributed by atoms with Crippen LogP contribution in [0.25, 0.3) is 0 Å². The Labute approximate surface area is 109 Å². The predicted molar refractivity (Wildman–Crippen MR) is 64.3 cm³/mol. The number of halogens is 1. The van der Waals surface area contributed by atoms with Crippen molar-refractivity contribution in [2.45, 2.75) is 37.4 Å². The molecule has 1 aromatic rings. The molecule has 1 aliphatic heterocycles. The van der Waals surface area contributed by atoms with Gasteiger partial charge in [0.25, 0.3) is 0 Å². The van der Waals surface area contributed by atoms with Crippen LogP contribution in [0.1, 0.15) is 31.2 Å². The fourth-order valence-electron chi connectivity index (χ4n) is 3.38. The predicted octanol–water partition coefficient (Wildman–Crippen LogP) is 2.05. The summed E-state index contributed by atoms with van der Waals surface area (Å²) in [6.07, 6.45) is 1.78. The maximum Gasteiger partial charge on any atom is 0.306 e. The largest absolute Gasteiger partial charge is 0.490 e. The molecule has 1 aromatic carbocycles. The van der Waals surface area contributed by atoms with E-state index in [1.54, 1.807) is 0 Å². The van der Waals surface area contributed by atoms with E-state index in [1.165, 1.54) is 18.2 Å². The summed E-state index contributed by atoms with van der Waals surface area (Å²) in [6, 6.07) is 3.91. The number of benzene rings is 1. The second-order valence-corrected chi connectivity index (χ2v) is 5.33. The minimum atomic E-state index is -1.54. The number of carboxylic acids is 1. The van der Waals surface area contributed by atoms with Gasteiger partial charge in [0, 0.05) is 11.5 Å². The molecule has 1 fully saturated rings. The zero-order chi connectivity index (χ0) is 13.6. The lowest BCUT2D eigenvalue weighted by atomic mass is 9.74. The van der Waals surface area contributed by atoms with Gasteiger partial charge in [0.2, 0.25) is 0 Å². The van der Waals surface area contributed by atoms with Crippen LogP contribution >= 0.6 is 0 Å². The molecule has 0 spiro atoms. The molecule has 1 aliphatic carbocycles. The van der Waals surface area contributed by atoms with Crippen molar-refractivity contribution in [2.24, 2.45) is 5.92 Å². The number of aliphatic carboxylic acids is 1. The van der Waals surface area contributed by atoms with E-state index in [1.807, 2.05) is 0 Å². The van der Waals surface area contributed by atoms with Gasteiger partial charge in [-0.2, -0.15) is 0 Å². The van der Waals surface area contributed by atoms with E-state index in [2.05, 4.69) is 0 Å². The minimum absolute atomic E-state index is 0.178. The maximum absolute atomic E-state index is 13.4. The van der Waals surface area contributed by atoms with E-state index < -0.39 is 23.8 Å². The second kappa shape index (κ2) is 4.20. The summed E-state index contributed by atoms with van der Waals surface area (Å²) in [4.78, 5) is 11.1. The Morgan fingerprint density at radius 2 is 2.26 bits per heavy atom. The van der Waals surface area contributed by atoms with Gasteiger partial charge in [-0.15, -0.1) is 0 Å². The average molecular weight is 266 g/mol. The van der Waals surface area contributed by atoms with Crippen LogP contribution in [0.15, 0.2) is 18.2 Å². The zero-order valence-electron chi connectivity index (χ0n) is 10.3. The van der Waals surface area contributed by atoms with Crippen LogP contribution in [0.3, 0.4) is 0 Å². The van der Waals surface area contributed by atoms with Gasteiger partial charge in [-0.1, -0.05) is 0 Å². The lowest BCUT2D eigenvalue weighted by molar-refractivity contribution is -0.150. The van der Waals surface area contributed by atoms with Crippen LogP contribution in [0.4, 0.5) is 4.39 Å². The molecule has 1 saturated carbocycles. The third kappa shape index (κ3) is 1.89. The monoisotopic (exact) mass is 266 g/mol. The summed E-state index contributed by atoms with van der Waals surface area (Å²) in [5.74, 6) is -1.47. The molecule has 0 aromatic heterocycles. The smallest absolute Gasteiger partial charge is 0.306 e. The minimum Gasteiger partial charge on any atom is -0.490 e. The first-order valence-electron chi connectivity index (χ1n) is 6.41. The highest BCUT2D eigenvalue weighted by Crippen LogP contribution is 2.51. The third-order valence-corrected chi connectivity index (χ3v) is 4.17. The summed E-state index contributed by atoms with van der Waals surface area (Å²) in [6.45, 7) is 0. The van der Waals surface area contributed by atoms with E-state index >= 15 is 0 Å². The Morgan fingerprint density at radius 3 is 3.00 bits per heavy atom. The van der Waals surface area contributed by atoms with E-state index in [9.17, 15) is 14.3 Å². The quantitative estimate of drug-likeness (QED) is 0.859. The number of hydrogen-bond acceptors (Lipinski definition) is 3. The standard InChI is InChI=1S/C14H15FO4/c15-8-4-5-12-10(6-8)14(18,7-13(16)17)9-2-1-3-11(9)19-12/h4-6,9,11,18H,1-3,7H2,(H,16,17)/t9-,11+,14-/m0/s1. The van der Waals surface area contributed by atoms with Gasteiger partial charge in [0.1, 0.15) is 23.3 Å². The third-order valence-electron chi connectivity index (χ3n) is 4.17. The number of carbonyl (C=O) groups is 1. The molecule has 2 N–H and O–H groups in total. The first-order chi connectivity index (χ1) is 9.00.